The SMILES string of the molecule is O=C(NNC(=S)NC1CCCCC1)c1ccco1. The Morgan fingerprint density at radius 1 is 1.28 bits per heavy atom. The van der Waals surface area contributed by atoms with E-state index in [0.717, 1.165) is 12.8 Å². The largest absolute Gasteiger partial charge is 0.459 e. The van der Waals surface area contributed by atoms with Crippen LogP contribution in [0.3, 0.4) is 0 Å². The average Bonchev–Trinajstić information content (AvgIpc) is 2.91. The molecule has 1 heterocycles. The number of furan rings is 1. The van der Waals surface area contributed by atoms with E-state index in [4.69, 9.17) is 16.6 Å². The van der Waals surface area contributed by atoms with Gasteiger partial charge in [0, 0.05) is 6.04 Å². The molecule has 2 rings (SSSR count). The molecular formula is C12H17N3O2S. The van der Waals surface area contributed by atoms with Crippen LogP contribution in [-0.4, -0.2) is 17.1 Å². The number of hydrogen-bond acceptors (Lipinski definition) is 3. The number of hydrogen-bond donors (Lipinski definition) is 3. The topological polar surface area (TPSA) is 66.3 Å². The second kappa shape index (κ2) is 6.39. The first-order valence-electron chi connectivity index (χ1n) is 6.16. The van der Waals surface area contributed by atoms with Crippen LogP contribution in [0, 0.1) is 0 Å². The maximum Gasteiger partial charge on any atom is 0.305 e. The summed E-state index contributed by atoms with van der Waals surface area (Å²) < 4.78 is 4.96. The van der Waals surface area contributed by atoms with Gasteiger partial charge in [-0.25, -0.2) is 0 Å². The zero-order chi connectivity index (χ0) is 12.8. The summed E-state index contributed by atoms with van der Waals surface area (Å²) in [5, 5.41) is 3.64. The van der Waals surface area contributed by atoms with Crippen LogP contribution in [0.2, 0.25) is 0 Å². The van der Waals surface area contributed by atoms with Crippen LogP contribution in [0.5, 0.6) is 0 Å². The average molecular weight is 267 g/mol. The van der Waals surface area contributed by atoms with Crippen molar-refractivity contribution in [2.24, 2.45) is 0 Å². The Hall–Kier alpha value is -1.56. The smallest absolute Gasteiger partial charge is 0.305 e. The fourth-order valence-electron chi connectivity index (χ4n) is 2.05. The van der Waals surface area contributed by atoms with Crippen molar-refractivity contribution >= 4 is 23.2 Å². The van der Waals surface area contributed by atoms with Crippen molar-refractivity contribution in [1.29, 1.82) is 0 Å². The zero-order valence-corrected chi connectivity index (χ0v) is 10.9. The molecule has 98 valence electrons. The van der Waals surface area contributed by atoms with Crippen molar-refractivity contribution in [2.75, 3.05) is 0 Å². The van der Waals surface area contributed by atoms with Gasteiger partial charge in [0.05, 0.1) is 6.26 Å². The van der Waals surface area contributed by atoms with Gasteiger partial charge in [0.15, 0.2) is 10.9 Å². The third-order valence-electron chi connectivity index (χ3n) is 2.97. The lowest BCUT2D eigenvalue weighted by Crippen LogP contribution is -2.50. The molecule has 0 radical (unpaired) electrons. The molecule has 1 aromatic heterocycles. The monoisotopic (exact) mass is 267 g/mol. The number of amides is 1. The normalized spacial score (nSPS) is 16.0. The lowest BCUT2D eigenvalue weighted by atomic mass is 9.96. The van der Waals surface area contributed by atoms with Gasteiger partial charge in [-0.3, -0.25) is 15.6 Å². The van der Waals surface area contributed by atoms with Crippen LogP contribution < -0.4 is 16.2 Å². The lowest BCUT2D eigenvalue weighted by Gasteiger charge is -2.24. The molecular weight excluding hydrogens is 250 g/mol. The van der Waals surface area contributed by atoms with Crippen LogP contribution in [-0.2, 0) is 0 Å². The molecule has 1 aliphatic carbocycles. The first-order chi connectivity index (χ1) is 8.75. The molecule has 0 bridgehead atoms. The van der Waals surface area contributed by atoms with Gasteiger partial charge in [-0.2, -0.15) is 0 Å². The molecule has 0 aromatic carbocycles. The molecule has 18 heavy (non-hydrogen) atoms. The summed E-state index contributed by atoms with van der Waals surface area (Å²) in [7, 11) is 0. The van der Waals surface area contributed by atoms with Crippen molar-refractivity contribution in [3.8, 4) is 0 Å². The van der Waals surface area contributed by atoms with Gasteiger partial charge >= 0.3 is 5.91 Å². The molecule has 6 heteroatoms. The maximum atomic E-state index is 11.5. The van der Waals surface area contributed by atoms with Gasteiger partial charge in [0.2, 0.25) is 0 Å². The molecule has 0 atom stereocenters. The number of hydrazine groups is 1. The van der Waals surface area contributed by atoms with E-state index in [1.54, 1.807) is 12.1 Å². The van der Waals surface area contributed by atoms with E-state index in [0.29, 0.717) is 11.2 Å². The lowest BCUT2D eigenvalue weighted by molar-refractivity contribution is 0.0915. The zero-order valence-electron chi connectivity index (χ0n) is 10.1. The van der Waals surface area contributed by atoms with Crippen molar-refractivity contribution in [2.45, 2.75) is 38.1 Å². The first-order valence-corrected chi connectivity index (χ1v) is 6.57. The standard InChI is InChI=1S/C12H17N3O2S/c16-11(10-7-4-8-17-10)14-15-12(18)13-9-5-2-1-3-6-9/h4,7-9H,1-3,5-6H2,(H,14,16)(H2,13,15,18). The Bertz CT molecular complexity index is 399. The Morgan fingerprint density at radius 3 is 2.72 bits per heavy atom. The maximum absolute atomic E-state index is 11.5. The molecule has 1 amide bonds. The van der Waals surface area contributed by atoms with Crippen LogP contribution >= 0.6 is 12.2 Å². The second-order valence-electron chi connectivity index (χ2n) is 4.36. The molecule has 0 spiro atoms. The minimum Gasteiger partial charge on any atom is -0.459 e. The summed E-state index contributed by atoms with van der Waals surface area (Å²) in [6.07, 6.45) is 7.49. The molecule has 0 saturated heterocycles. The van der Waals surface area contributed by atoms with E-state index < -0.39 is 0 Å². The molecule has 1 saturated carbocycles. The Labute approximate surface area is 111 Å². The molecule has 1 fully saturated rings. The predicted molar refractivity (Wildman–Crippen MR) is 71.9 cm³/mol. The molecule has 5 nitrogen and oxygen atoms in total. The molecule has 3 N–H and O–H groups in total. The number of nitrogens with one attached hydrogen (secondary N) is 3. The molecule has 0 unspecified atom stereocenters. The van der Waals surface area contributed by atoms with Crippen LogP contribution in [0.15, 0.2) is 22.8 Å². The van der Waals surface area contributed by atoms with E-state index in [2.05, 4.69) is 16.2 Å². The summed E-state index contributed by atoms with van der Waals surface area (Å²) in [5.74, 6) is -0.0873. The Kier molecular flexibility index (Phi) is 4.58. The van der Waals surface area contributed by atoms with Gasteiger partial charge in [0.1, 0.15) is 0 Å². The minimum atomic E-state index is -0.340. The predicted octanol–water partition coefficient (Wildman–Crippen LogP) is 1.72. The quantitative estimate of drug-likeness (QED) is 0.562. The number of thiocarbonyl (C=S) groups is 1. The van der Waals surface area contributed by atoms with Crippen LogP contribution in [0.1, 0.15) is 42.7 Å². The second-order valence-corrected chi connectivity index (χ2v) is 4.77. The highest BCUT2D eigenvalue weighted by Gasteiger charge is 2.14. The van der Waals surface area contributed by atoms with E-state index in [9.17, 15) is 4.79 Å². The molecule has 1 aromatic rings. The summed E-state index contributed by atoms with van der Waals surface area (Å²) in [5.41, 5.74) is 5.17. The summed E-state index contributed by atoms with van der Waals surface area (Å²) in [6, 6.07) is 3.67. The van der Waals surface area contributed by atoms with Crippen molar-refractivity contribution in [1.82, 2.24) is 16.2 Å². The van der Waals surface area contributed by atoms with E-state index >= 15 is 0 Å². The number of carbonyl (C=O) groups is 1. The van der Waals surface area contributed by atoms with Gasteiger partial charge in [-0.05, 0) is 37.2 Å². The van der Waals surface area contributed by atoms with E-state index in [1.165, 1.54) is 25.5 Å². The Morgan fingerprint density at radius 2 is 2.06 bits per heavy atom. The minimum absolute atomic E-state index is 0.253. The van der Waals surface area contributed by atoms with Gasteiger partial charge in [-0.15, -0.1) is 0 Å². The fourth-order valence-corrected chi connectivity index (χ4v) is 2.27. The Balaban J connectivity index is 1.69. The van der Waals surface area contributed by atoms with Gasteiger partial charge in [-0.1, -0.05) is 19.3 Å². The third kappa shape index (κ3) is 3.73. The summed E-state index contributed by atoms with van der Waals surface area (Å²) >= 11 is 5.12. The highest BCUT2D eigenvalue weighted by Crippen LogP contribution is 2.17. The van der Waals surface area contributed by atoms with Gasteiger partial charge < -0.3 is 9.73 Å². The van der Waals surface area contributed by atoms with E-state index in [1.807, 2.05) is 0 Å². The fraction of sp³-hybridized carbons (Fsp3) is 0.500. The van der Waals surface area contributed by atoms with Crippen LogP contribution in [0.4, 0.5) is 0 Å². The summed E-state index contributed by atoms with van der Waals surface area (Å²) in [4.78, 5) is 11.5. The third-order valence-corrected chi connectivity index (χ3v) is 3.19. The van der Waals surface area contributed by atoms with E-state index in [-0.39, 0.29) is 11.7 Å². The van der Waals surface area contributed by atoms with Gasteiger partial charge in [0.25, 0.3) is 0 Å². The highest BCUT2D eigenvalue weighted by atomic mass is 32.1. The molecule has 1 aliphatic rings. The highest BCUT2D eigenvalue weighted by molar-refractivity contribution is 7.80. The number of carbonyl (C=O) groups excluding carboxylic acids is 1. The molecule has 0 aliphatic heterocycles. The summed E-state index contributed by atoms with van der Waals surface area (Å²) in [6.45, 7) is 0. The van der Waals surface area contributed by atoms with Crippen molar-refractivity contribution in [3.63, 3.8) is 0 Å². The van der Waals surface area contributed by atoms with Crippen LogP contribution in [0.25, 0.3) is 0 Å². The number of rotatable bonds is 2. The first kappa shape index (κ1) is 12.9. The van der Waals surface area contributed by atoms with Crippen molar-refractivity contribution < 1.29 is 9.21 Å². The van der Waals surface area contributed by atoms with Crippen molar-refractivity contribution in [3.05, 3.63) is 24.2 Å².